The number of fused-ring (bicyclic) bond motifs is 3. The normalized spacial score (nSPS) is 12.4. The fourth-order valence-electron chi connectivity index (χ4n) is 3.49. The maximum Gasteiger partial charge on any atom is 0.271 e. The predicted octanol–water partition coefficient (Wildman–Crippen LogP) is 3.54. The summed E-state index contributed by atoms with van der Waals surface area (Å²) in [6, 6.07) is 12.0. The Morgan fingerprint density at radius 2 is 2.00 bits per heavy atom. The Morgan fingerprint density at radius 1 is 1.24 bits per heavy atom. The van der Waals surface area contributed by atoms with Crippen molar-refractivity contribution in [2.75, 3.05) is 6.54 Å². The lowest BCUT2D eigenvalue weighted by atomic mass is 10.0. The third kappa shape index (κ3) is 3.78. The molecule has 1 N–H and O–H groups in total. The molecule has 0 aliphatic carbocycles. The molecule has 7 heteroatoms. The van der Waals surface area contributed by atoms with Crippen LogP contribution in [0.15, 0.2) is 47.5 Å². The zero-order valence-electron chi connectivity index (χ0n) is 16.6. The maximum absolute atomic E-state index is 12.9. The third-order valence-corrected chi connectivity index (χ3v) is 6.09. The quantitative estimate of drug-likeness (QED) is 0.550. The van der Waals surface area contributed by atoms with Crippen LogP contribution in [0.25, 0.3) is 20.4 Å². The van der Waals surface area contributed by atoms with Crippen LogP contribution in [0.3, 0.4) is 0 Å². The molecule has 0 saturated carbocycles. The number of amides is 1. The highest BCUT2D eigenvalue weighted by Gasteiger charge is 2.16. The van der Waals surface area contributed by atoms with Gasteiger partial charge in [0.1, 0.15) is 16.1 Å². The number of nitrogens with zero attached hydrogens (tertiary/aromatic N) is 3. The lowest BCUT2D eigenvalue weighted by Crippen LogP contribution is -2.34. The van der Waals surface area contributed by atoms with Gasteiger partial charge in [-0.2, -0.15) is 0 Å². The number of aryl methyl sites for hydroxylation is 2. The van der Waals surface area contributed by atoms with Gasteiger partial charge in [-0.15, -0.1) is 11.3 Å². The van der Waals surface area contributed by atoms with Gasteiger partial charge in [0.2, 0.25) is 5.91 Å². The first-order valence-corrected chi connectivity index (χ1v) is 10.3. The summed E-state index contributed by atoms with van der Waals surface area (Å²) in [5.41, 5.74) is 3.58. The molecule has 6 nitrogen and oxygen atoms in total. The summed E-state index contributed by atoms with van der Waals surface area (Å²) in [6.07, 6.45) is 1.45. The predicted molar refractivity (Wildman–Crippen MR) is 117 cm³/mol. The second kappa shape index (κ2) is 7.75. The van der Waals surface area contributed by atoms with Crippen LogP contribution in [0.4, 0.5) is 0 Å². The van der Waals surface area contributed by atoms with Crippen molar-refractivity contribution in [3.8, 4) is 0 Å². The van der Waals surface area contributed by atoms with Crippen molar-refractivity contribution in [3.63, 3.8) is 0 Å². The number of thiophene rings is 1. The van der Waals surface area contributed by atoms with Gasteiger partial charge >= 0.3 is 0 Å². The number of pyridine rings is 1. The molecule has 148 valence electrons. The van der Waals surface area contributed by atoms with E-state index in [1.807, 2.05) is 50.2 Å². The number of benzene rings is 1. The first kappa shape index (κ1) is 19.3. The van der Waals surface area contributed by atoms with Gasteiger partial charge in [0.25, 0.3) is 5.56 Å². The number of hydrogen-bond donors (Lipinski definition) is 1. The maximum atomic E-state index is 12.9. The average Bonchev–Trinajstić information content (AvgIpc) is 3.08. The standard InChI is InChI=1S/C22H22N4O2S/c1-13-9-15(3)25-21-18(13)19-20(29-21)22(28)26(12-24-19)11-17(27)23-10-14(2)16-7-5-4-6-8-16/h4-9,12,14H,10-11H2,1-3H3,(H,23,27)/t14-/m1/s1. The highest BCUT2D eigenvalue weighted by atomic mass is 32.1. The first-order valence-electron chi connectivity index (χ1n) is 9.51. The summed E-state index contributed by atoms with van der Waals surface area (Å²) in [5, 5.41) is 3.83. The summed E-state index contributed by atoms with van der Waals surface area (Å²) in [6.45, 7) is 6.45. The Hall–Kier alpha value is -3.06. The number of aromatic nitrogens is 3. The van der Waals surface area contributed by atoms with Gasteiger partial charge in [-0.05, 0) is 37.0 Å². The summed E-state index contributed by atoms with van der Waals surface area (Å²) >= 11 is 1.33. The smallest absolute Gasteiger partial charge is 0.271 e. The Balaban J connectivity index is 1.54. The van der Waals surface area contributed by atoms with E-state index in [1.54, 1.807) is 0 Å². The highest BCUT2D eigenvalue weighted by Crippen LogP contribution is 2.31. The molecule has 4 aromatic rings. The van der Waals surface area contributed by atoms with Gasteiger partial charge in [-0.25, -0.2) is 9.97 Å². The van der Waals surface area contributed by atoms with Crippen LogP contribution < -0.4 is 10.9 Å². The van der Waals surface area contributed by atoms with E-state index in [0.717, 1.165) is 27.0 Å². The number of carbonyl (C=O) groups is 1. The molecule has 3 heterocycles. The molecule has 4 rings (SSSR count). The van der Waals surface area contributed by atoms with Crippen LogP contribution in [0, 0.1) is 13.8 Å². The molecule has 0 fully saturated rings. The molecular formula is C22H22N4O2S. The van der Waals surface area contributed by atoms with Crippen LogP contribution in [0.5, 0.6) is 0 Å². The first-order chi connectivity index (χ1) is 13.9. The van der Waals surface area contributed by atoms with E-state index >= 15 is 0 Å². The molecule has 0 unspecified atom stereocenters. The van der Waals surface area contributed by atoms with Gasteiger partial charge in [-0.3, -0.25) is 14.2 Å². The van der Waals surface area contributed by atoms with Gasteiger partial charge in [0.05, 0.1) is 11.8 Å². The van der Waals surface area contributed by atoms with Crippen molar-refractivity contribution in [1.82, 2.24) is 19.9 Å². The van der Waals surface area contributed by atoms with Crippen molar-refractivity contribution in [2.24, 2.45) is 0 Å². The average molecular weight is 407 g/mol. The van der Waals surface area contributed by atoms with Crippen LogP contribution in [0.1, 0.15) is 29.7 Å². The highest BCUT2D eigenvalue weighted by molar-refractivity contribution is 7.25. The molecule has 0 radical (unpaired) electrons. The largest absolute Gasteiger partial charge is 0.354 e. The minimum absolute atomic E-state index is 0.0526. The Bertz CT molecular complexity index is 1260. The monoisotopic (exact) mass is 406 g/mol. The molecule has 1 atom stereocenters. The van der Waals surface area contributed by atoms with E-state index in [0.29, 0.717) is 16.8 Å². The second-order valence-corrected chi connectivity index (χ2v) is 8.33. The van der Waals surface area contributed by atoms with Gasteiger partial charge in [0, 0.05) is 17.6 Å². The Morgan fingerprint density at radius 3 is 2.76 bits per heavy atom. The van der Waals surface area contributed by atoms with E-state index < -0.39 is 0 Å². The SMILES string of the molecule is Cc1cc(C)c2c(n1)sc1c(=O)n(CC(=O)NC[C@@H](C)c3ccccc3)cnc12. The zero-order valence-corrected chi connectivity index (χ0v) is 17.4. The van der Waals surface area contributed by atoms with Crippen LogP contribution >= 0.6 is 11.3 Å². The van der Waals surface area contributed by atoms with Crippen LogP contribution in [-0.2, 0) is 11.3 Å². The van der Waals surface area contributed by atoms with Crippen LogP contribution in [0.2, 0.25) is 0 Å². The third-order valence-electron chi connectivity index (χ3n) is 5.03. The summed E-state index contributed by atoms with van der Waals surface area (Å²) in [4.78, 5) is 35.1. The van der Waals surface area contributed by atoms with E-state index in [9.17, 15) is 9.59 Å². The number of carbonyl (C=O) groups excluding carboxylic acids is 1. The van der Waals surface area contributed by atoms with E-state index in [1.165, 1.54) is 22.2 Å². The zero-order chi connectivity index (χ0) is 20.5. The number of nitrogens with one attached hydrogen (secondary N) is 1. The van der Waals surface area contributed by atoms with Crippen molar-refractivity contribution in [3.05, 3.63) is 69.9 Å². The van der Waals surface area contributed by atoms with E-state index in [4.69, 9.17) is 0 Å². The molecule has 29 heavy (non-hydrogen) atoms. The summed E-state index contributed by atoms with van der Waals surface area (Å²) in [5.74, 6) is -0.0142. The van der Waals surface area contributed by atoms with Gasteiger partial charge < -0.3 is 5.32 Å². The summed E-state index contributed by atoms with van der Waals surface area (Å²) in [7, 11) is 0. The lowest BCUT2D eigenvalue weighted by Gasteiger charge is -2.13. The fraction of sp³-hybridized carbons (Fsp3) is 0.273. The molecule has 3 aromatic heterocycles. The van der Waals surface area contributed by atoms with E-state index in [2.05, 4.69) is 22.2 Å². The number of rotatable bonds is 5. The van der Waals surface area contributed by atoms with Gasteiger partial charge in [0.15, 0.2) is 0 Å². The number of hydrogen-bond acceptors (Lipinski definition) is 5. The summed E-state index contributed by atoms with van der Waals surface area (Å²) < 4.78 is 1.90. The molecule has 0 aliphatic rings. The Kier molecular flexibility index (Phi) is 5.15. The minimum Gasteiger partial charge on any atom is -0.354 e. The van der Waals surface area contributed by atoms with E-state index in [-0.39, 0.29) is 23.9 Å². The molecule has 1 amide bonds. The molecule has 0 bridgehead atoms. The Labute approximate surface area is 172 Å². The van der Waals surface area contributed by atoms with Crippen LogP contribution in [-0.4, -0.2) is 27.0 Å². The fourth-order valence-corrected chi connectivity index (χ4v) is 4.69. The molecule has 1 aromatic carbocycles. The van der Waals surface area contributed by atoms with Crippen molar-refractivity contribution in [1.29, 1.82) is 0 Å². The second-order valence-electron chi connectivity index (χ2n) is 7.33. The van der Waals surface area contributed by atoms with Gasteiger partial charge in [-0.1, -0.05) is 37.3 Å². The van der Waals surface area contributed by atoms with Crippen molar-refractivity contribution >= 4 is 37.7 Å². The molecule has 0 saturated heterocycles. The molecular weight excluding hydrogens is 384 g/mol. The topological polar surface area (TPSA) is 76.9 Å². The molecule has 0 spiro atoms. The molecule has 0 aliphatic heterocycles. The lowest BCUT2D eigenvalue weighted by molar-refractivity contribution is -0.121. The minimum atomic E-state index is -0.207. The van der Waals surface area contributed by atoms with Crippen molar-refractivity contribution in [2.45, 2.75) is 33.2 Å². The van der Waals surface area contributed by atoms with Crippen molar-refractivity contribution < 1.29 is 4.79 Å².